The number of morpholine rings is 1. The molecular weight excluding hydrogens is 278 g/mol. The molecule has 3 aliphatic rings. The van der Waals surface area contributed by atoms with Crippen LogP contribution < -0.4 is 4.74 Å². The lowest BCUT2D eigenvalue weighted by Crippen LogP contribution is -2.56. The molecule has 1 unspecified atom stereocenters. The van der Waals surface area contributed by atoms with Crippen molar-refractivity contribution in [2.75, 3.05) is 33.0 Å². The number of hydrogen-bond acceptors (Lipinski definition) is 4. The molecule has 4 heteroatoms. The van der Waals surface area contributed by atoms with Crippen molar-refractivity contribution in [3.05, 3.63) is 29.3 Å². The summed E-state index contributed by atoms with van der Waals surface area (Å²) in [5.41, 5.74) is 2.73. The van der Waals surface area contributed by atoms with E-state index in [1.807, 2.05) is 0 Å². The molecule has 1 aromatic rings. The van der Waals surface area contributed by atoms with Crippen molar-refractivity contribution >= 4 is 0 Å². The van der Waals surface area contributed by atoms with Gasteiger partial charge in [0.05, 0.1) is 25.4 Å². The third-order valence-corrected chi connectivity index (χ3v) is 5.13. The van der Waals surface area contributed by atoms with Crippen LogP contribution in [0.2, 0.25) is 0 Å². The molecule has 1 aromatic carbocycles. The van der Waals surface area contributed by atoms with Crippen LogP contribution in [0.25, 0.3) is 0 Å². The van der Waals surface area contributed by atoms with Crippen LogP contribution in [0.1, 0.15) is 31.4 Å². The van der Waals surface area contributed by atoms with E-state index in [2.05, 4.69) is 36.9 Å². The molecule has 22 heavy (non-hydrogen) atoms. The van der Waals surface area contributed by atoms with Gasteiger partial charge in [-0.05, 0) is 37.5 Å². The van der Waals surface area contributed by atoms with E-state index < -0.39 is 0 Å². The van der Waals surface area contributed by atoms with Crippen LogP contribution in [-0.4, -0.2) is 49.0 Å². The number of rotatable bonds is 2. The van der Waals surface area contributed by atoms with Crippen molar-refractivity contribution in [2.24, 2.45) is 0 Å². The molecule has 0 aromatic heterocycles. The highest BCUT2D eigenvalue weighted by molar-refractivity contribution is 5.41. The lowest BCUT2D eigenvalue weighted by Gasteiger charge is -2.43. The monoisotopic (exact) mass is 303 g/mol. The minimum Gasteiger partial charge on any atom is -0.487 e. The van der Waals surface area contributed by atoms with Gasteiger partial charge < -0.3 is 14.2 Å². The standard InChI is InChI=1S/C18H25NO3/c1-17(2)10-15-9-14(3-4-16(15)22-17)11-19-6-8-21-13-18(19)5-7-20-12-18/h3-4,9H,5-8,10-13H2,1-2H3. The summed E-state index contributed by atoms with van der Waals surface area (Å²) >= 11 is 0. The van der Waals surface area contributed by atoms with Gasteiger partial charge in [0.2, 0.25) is 0 Å². The zero-order valence-electron chi connectivity index (χ0n) is 13.6. The molecule has 0 N–H and O–H groups in total. The molecule has 3 heterocycles. The summed E-state index contributed by atoms with van der Waals surface area (Å²) in [6.07, 6.45) is 2.07. The fraction of sp³-hybridized carbons (Fsp3) is 0.667. The molecule has 0 amide bonds. The van der Waals surface area contributed by atoms with Crippen LogP contribution in [-0.2, 0) is 22.4 Å². The molecule has 0 bridgehead atoms. The zero-order valence-corrected chi connectivity index (χ0v) is 13.6. The molecule has 0 aliphatic carbocycles. The average molecular weight is 303 g/mol. The van der Waals surface area contributed by atoms with Gasteiger partial charge in [-0.15, -0.1) is 0 Å². The molecule has 2 saturated heterocycles. The van der Waals surface area contributed by atoms with Gasteiger partial charge in [-0.1, -0.05) is 12.1 Å². The number of hydrogen-bond donors (Lipinski definition) is 0. The first-order chi connectivity index (χ1) is 10.6. The van der Waals surface area contributed by atoms with Crippen LogP contribution in [0.5, 0.6) is 5.75 Å². The van der Waals surface area contributed by atoms with E-state index in [1.54, 1.807) is 0 Å². The molecule has 3 aliphatic heterocycles. The molecule has 1 atom stereocenters. The molecule has 0 radical (unpaired) electrons. The Balaban J connectivity index is 1.54. The highest BCUT2D eigenvalue weighted by Gasteiger charge is 2.43. The molecular formula is C18H25NO3. The normalized spacial score (nSPS) is 30.5. The minimum absolute atomic E-state index is 0.0690. The summed E-state index contributed by atoms with van der Waals surface area (Å²) in [5.74, 6) is 1.05. The minimum atomic E-state index is -0.0690. The molecule has 120 valence electrons. The second kappa shape index (κ2) is 5.22. The summed E-state index contributed by atoms with van der Waals surface area (Å²) in [7, 11) is 0. The molecule has 2 fully saturated rings. The largest absolute Gasteiger partial charge is 0.487 e. The van der Waals surface area contributed by atoms with Gasteiger partial charge in [0, 0.05) is 26.1 Å². The van der Waals surface area contributed by atoms with Gasteiger partial charge in [0.25, 0.3) is 0 Å². The van der Waals surface area contributed by atoms with Crippen LogP contribution in [0.15, 0.2) is 18.2 Å². The highest BCUT2D eigenvalue weighted by atomic mass is 16.5. The maximum absolute atomic E-state index is 5.98. The molecule has 4 rings (SSSR count). The number of ether oxygens (including phenoxy) is 3. The molecule has 4 nitrogen and oxygen atoms in total. The number of nitrogens with zero attached hydrogens (tertiary/aromatic N) is 1. The Labute approximate surface area is 132 Å². The Bertz CT molecular complexity index is 563. The van der Waals surface area contributed by atoms with Crippen LogP contribution in [0, 0.1) is 0 Å². The smallest absolute Gasteiger partial charge is 0.123 e. The van der Waals surface area contributed by atoms with Gasteiger partial charge in [0.15, 0.2) is 0 Å². The van der Waals surface area contributed by atoms with Crippen molar-refractivity contribution in [3.63, 3.8) is 0 Å². The van der Waals surface area contributed by atoms with E-state index >= 15 is 0 Å². The highest BCUT2D eigenvalue weighted by Crippen LogP contribution is 2.36. The zero-order chi connectivity index (χ0) is 15.2. The number of fused-ring (bicyclic) bond motifs is 1. The Hall–Kier alpha value is -1.10. The molecule has 1 spiro atoms. The SMILES string of the molecule is CC1(C)Cc2cc(CN3CCOCC34CCOC4)ccc2O1. The van der Waals surface area contributed by atoms with Crippen molar-refractivity contribution in [2.45, 2.75) is 44.4 Å². The Morgan fingerprint density at radius 2 is 1.95 bits per heavy atom. The Morgan fingerprint density at radius 1 is 1.14 bits per heavy atom. The summed E-state index contributed by atoms with van der Waals surface area (Å²) < 4.78 is 17.4. The topological polar surface area (TPSA) is 30.9 Å². The predicted octanol–water partition coefficient (Wildman–Crippen LogP) is 2.39. The Morgan fingerprint density at radius 3 is 2.77 bits per heavy atom. The van der Waals surface area contributed by atoms with Crippen LogP contribution in [0.3, 0.4) is 0 Å². The second-order valence-electron chi connectivity index (χ2n) is 7.48. The summed E-state index contributed by atoms with van der Waals surface area (Å²) in [6, 6.07) is 6.67. The number of benzene rings is 1. The fourth-order valence-corrected chi connectivity index (χ4v) is 3.95. The quantitative estimate of drug-likeness (QED) is 0.839. The van der Waals surface area contributed by atoms with E-state index in [4.69, 9.17) is 14.2 Å². The first-order valence-electron chi connectivity index (χ1n) is 8.28. The van der Waals surface area contributed by atoms with Crippen molar-refractivity contribution < 1.29 is 14.2 Å². The van der Waals surface area contributed by atoms with E-state index in [-0.39, 0.29) is 11.1 Å². The average Bonchev–Trinajstić information content (AvgIpc) is 3.04. The maximum atomic E-state index is 5.98. The van der Waals surface area contributed by atoms with Gasteiger partial charge in [0.1, 0.15) is 11.4 Å². The first kappa shape index (κ1) is 14.5. The van der Waals surface area contributed by atoms with E-state index in [0.29, 0.717) is 0 Å². The van der Waals surface area contributed by atoms with Crippen LogP contribution >= 0.6 is 0 Å². The third kappa shape index (κ3) is 2.53. The van der Waals surface area contributed by atoms with E-state index in [0.717, 1.165) is 58.1 Å². The van der Waals surface area contributed by atoms with Crippen molar-refractivity contribution in [1.82, 2.24) is 4.90 Å². The van der Waals surface area contributed by atoms with E-state index in [1.165, 1.54) is 11.1 Å². The van der Waals surface area contributed by atoms with Crippen LogP contribution in [0.4, 0.5) is 0 Å². The van der Waals surface area contributed by atoms with Gasteiger partial charge in [-0.25, -0.2) is 0 Å². The molecule has 0 saturated carbocycles. The maximum Gasteiger partial charge on any atom is 0.123 e. The van der Waals surface area contributed by atoms with E-state index in [9.17, 15) is 0 Å². The lowest BCUT2D eigenvalue weighted by atomic mass is 9.94. The predicted molar refractivity (Wildman–Crippen MR) is 84.2 cm³/mol. The van der Waals surface area contributed by atoms with Gasteiger partial charge in [-0.2, -0.15) is 0 Å². The fourth-order valence-electron chi connectivity index (χ4n) is 3.95. The van der Waals surface area contributed by atoms with Crippen molar-refractivity contribution in [1.29, 1.82) is 0 Å². The first-order valence-corrected chi connectivity index (χ1v) is 8.28. The van der Waals surface area contributed by atoms with Gasteiger partial charge in [-0.3, -0.25) is 4.90 Å². The summed E-state index contributed by atoms with van der Waals surface area (Å²) in [4.78, 5) is 2.56. The summed E-state index contributed by atoms with van der Waals surface area (Å²) in [5, 5.41) is 0. The summed E-state index contributed by atoms with van der Waals surface area (Å²) in [6.45, 7) is 9.54. The van der Waals surface area contributed by atoms with Crippen molar-refractivity contribution in [3.8, 4) is 5.75 Å². The second-order valence-corrected chi connectivity index (χ2v) is 7.48. The van der Waals surface area contributed by atoms with Gasteiger partial charge >= 0.3 is 0 Å². The Kier molecular flexibility index (Phi) is 3.44. The third-order valence-electron chi connectivity index (χ3n) is 5.13. The lowest BCUT2D eigenvalue weighted by molar-refractivity contribution is -0.0749.